The molecule has 0 aliphatic carbocycles. The number of carboxylic acids is 1. The number of rotatable bonds is 8. The Bertz CT molecular complexity index is 1370. The number of nitrogens with zero attached hydrogens (tertiary/aromatic N) is 3. The Labute approximate surface area is 241 Å². The third kappa shape index (κ3) is 8.84. The highest BCUT2D eigenvalue weighted by Crippen LogP contribution is 2.30. The quantitative estimate of drug-likeness (QED) is 0.294. The number of halogens is 4. The maximum atomic E-state index is 15.0. The summed E-state index contributed by atoms with van der Waals surface area (Å²) in [6.07, 6.45) is -4.53. The average molecular weight is 614 g/mol. The van der Waals surface area contributed by atoms with E-state index in [9.17, 15) is 36.7 Å². The molecule has 1 aromatic heterocycles. The molecule has 2 aromatic rings. The van der Waals surface area contributed by atoms with Crippen molar-refractivity contribution in [2.24, 2.45) is 11.7 Å². The van der Waals surface area contributed by atoms with Gasteiger partial charge in [0.15, 0.2) is 0 Å². The maximum Gasteiger partial charge on any atom is 0.490 e. The van der Waals surface area contributed by atoms with E-state index in [0.717, 1.165) is 0 Å². The van der Waals surface area contributed by atoms with Crippen molar-refractivity contribution in [1.29, 1.82) is 0 Å². The topological polar surface area (TPSA) is 181 Å². The lowest BCUT2D eigenvalue weighted by Crippen LogP contribution is -2.33. The van der Waals surface area contributed by atoms with Crippen molar-refractivity contribution in [1.82, 2.24) is 10.3 Å². The molecule has 4 rings (SSSR count). The minimum atomic E-state index is -5.08. The fraction of sp³-hybridized carbons (Fsp3) is 0.385. The van der Waals surface area contributed by atoms with Crippen LogP contribution in [0.1, 0.15) is 13.3 Å². The largest absolute Gasteiger partial charge is 0.490 e. The van der Waals surface area contributed by atoms with Gasteiger partial charge in [0, 0.05) is 43.1 Å². The number of hydrogen-bond donors (Lipinski definition) is 3. The van der Waals surface area contributed by atoms with Crippen LogP contribution in [-0.2, 0) is 28.7 Å². The predicted molar refractivity (Wildman–Crippen MR) is 140 cm³/mol. The van der Waals surface area contributed by atoms with E-state index in [2.05, 4.69) is 10.3 Å². The van der Waals surface area contributed by atoms with Crippen LogP contribution in [0, 0.1) is 11.7 Å². The maximum absolute atomic E-state index is 15.0. The number of ether oxygens (including phenoxy) is 2. The molecular formula is C26H27F4N5O8. The predicted octanol–water partition coefficient (Wildman–Crippen LogP) is 1.84. The van der Waals surface area contributed by atoms with Gasteiger partial charge in [0.2, 0.25) is 11.8 Å². The third-order valence-electron chi connectivity index (χ3n) is 6.15. The molecule has 0 radical (unpaired) electrons. The number of aliphatic carboxylic acids is 1. The van der Waals surface area contributed by atoms with Gasteiger partial charge < -0.3 is 25.6 Å². The molecule has 232 valence electrons. The van der Waals surface area contributed by atoms with Gasteiger partial charge in [0.25, 0.3) is 0 Å². The summed E-state index contributed by atoms with van der Waals surface area (Å²) < 4.78 is 57.0. The number of carboxylic acid groups (broad SMARTS) is 1. The number of aromatic nitrogens is 1. The molecule has 1 unspecified atom stereocenters. The summed E-state index contributed by atoms with van der Waals surface area (Å²) in [5, 5.41) is 9.72. The third-order valence-corrected chi connectivity index (χ3v) is 6.15. The van der Waals surface area contributed by atoms with E-state index in [1.807, 2.05) is 0 Å². The number of cyclic esters (lactones) is 1. The van der Waals surface area contributed by atoms with E-state index in [0.29, 0.717) is 23.6 Å². The Hall–Kier alpha value is -4.80. The fourth-order valence-electron chi connectivity index (χ4n) is 4.09. The molecule has 2 aliphatic rings. The summed E-state index contributed by atoms with van der Waals surface area (Å²) in [5.74, 6) is -3.96. The fourth-order valence-corrected chi connectivity index (χ4v) is 4.09. The van der Waals surface area contributed by atoms with E-state index in [1.54, 1.807) is 24.3 Å². The van der Waals surface area contributed by atoms with E-state index >= 15 is 0 Å². The highest BCUT2D eigenvalue weighted by Gasteiger charge is 2.38. The Kier molecular flexibility index (Phi) is 10.6. The monoisotopic (exact) mass is 613 g/mol. The lowest BCUT2D eigenvalue weighted by atomic mass is 10.1. The van der Waals surface area contributed by atoms with Crippen LogP contribution in [-0.4, -0.2) is 85.0 Å². The summed E-state index contributed by atoms with van der Waals surface area (Å²) in [5.41, 5.74) is 6.33. The van der Waals surface area contributed by atoms with Crippen LogP contribution in [0.25, 0.3) is 11.1 Å². The number of carbonyl (C=O) groups excluding carboxylic acids is 4. The first-order valence-electron chi connectivity index (χ1n) is 12.6. The molecule has 3 amide bonds. The number of nitrogens with one attached hydrogen (secondary N) is 1. The average Bonchev–Trinajstić information content (AvgIpc) is 3.52. The Morgan fingerprint density at radius 1 is 1.16 bits per heavy atom. The van der Waals surface area contributed by atoms with Gasteiger partial charge in [-0.15, -0.1) is 0 Å². The van der Waals surface area contributed by atoms with Gasteiger partial charge in [-0.05, 0) is 30.3 Å². The molecule has 2 saturated heterocycles. The van der Waals surface area contributed by atoms with Crippen molar-refractivity contribution in [3.05, 3.63) is 42.3 Å². The molecule has 13 nitrogen and oxygen atoms in total. The number of anilines is 2. The molecule has 3 heterocycles. The van der Waals surface area contributed by atoms with Crippen molar-refractivity contribution < 1.29 is 56.1 Å². The number of nitrogens with two attached hydrogens (primary N) is 1. The minimum Gasteiger partial charge on any atom is -0.475 e. The number of hydrogen-bond acceptors (Lipinski definition) is 9. The SMILES string of the molecule is CC(=O)NC[C@H]1CN(c2ccc(-c3ccc(N4CC(COC(=O)CN)CC4=O)nc3)c(F)c2)C(=O)O1.O=C(O)C(F)(F)F. The number of esters is 1. The lowest BCUT2D eigenvalue weighted by molar-refractivity contribution is -0.192. The highest BCUT2D eigenvalue weighted by atomic mass is 19.4. The Morgan fingerprint density at radius 3 is 2.42 bits per heavy atom. The summed E-state index contributed by atoms with van der Waals surface area (Å²) in [6.45, 7) is 1.96. The number of benzene rings is 1. The van der Waals surface area contributed by atoms with Crippen molar-refractivity contribution >= 4 is 41.4 Å². The lowest BCUT2D eigenvalue weighted by Gasteiger charge is -2.17. The molecule has 2 aliphatic heterocycles. The second-order valence-electron chi connectivity index (χ2n) is 9.39. The van der Waals surface area contributed by atoms with Crippen molar-refractivity contribution in [2.75, 3.05) is 42.6 Å². The molecular weight excluding hydrogens is 586 g/mol. The van der Waals surface area contributed by atoms with Crippen molar-refractivity contribution in [3.63, 3.8) is 0 Å². The second-order valence-corrected chi connectivity index (χ2v) is 9.39. The Balaban J connectivity index is 0.000000646. The van der Waals surface area contributed by atoms with Crippen LogP contribution in [0.3, 0.4) is 0 Å². The zero-order valence-corrected chi connectivity index (χ0v) is 22.6. The van der Waals surface area contributed by atoms with Gasteiger partial charge in [-0.25, -0.2) is 19.0 Å². The number of carbonyl (C=O) groups is 5. The zero-order chi connectivity index (χ0) is 31.9. The van der Waals surface area contributed by atoms with Gasteiger partial charge in [-0.3, -0.25) is 24.2 Å². The number of pyridine rings is 1. The first-order valence-corrected chi connectivity index (χ1v) is 12.6. The van der Waals surface area contributed by atoms with Gasteiger partial charge in [0.1, 0.15) is 17.7 Å². The summed E-state index contributed by atoms with van der Waals surface area (Å²) in [6, 6.07) is 7.66. The van der Waals surface area contributed by atoms with Crippen LogP contribution >= 0.6 is 0 Å². The first-order chi connectivity index (χ1) is 20.2. The molecule has 17 heteroatoms. The van der Waals surface area contributed by atoms with Gasteiger partial charge in [-0.1, -0.05) is 0 Å². The molecule has 1 aromatic carbocycles. The number of alkyl halides is 3. The van der Waals surface area contributed by atoms with Crippen molar-refractivity contribution in [2.45, 2.75) is 25.6 Å². The molecule has 2 fully saturated rings. The molecule has 43 heavy (non-hydrogen) atoms. The second kappa shape index (κ2) is 13.9. The normalized spacial score (nSPS) is 18.1. The van der Waals surface area contributed by atoms with Gasteiger partial charge in [-0.2, -0.15) is 13.2 Å². The smallest absolute Gasteiger partial charge is 0.475 e. The summed E-state index contributed by atoms with van der Waals surface area (Å²) in [4.78, 5) is 62.9. The molecule has 4 N–H and O–H groups in total. The highest BCUT2D eigenvalue weighted by molar-refractivity contribution is 5.95. The molecule has 0 spiro atoms. The van der Waals surface area contributed by atoms with E-state index in [1.165, 1.54) is 29.0 Å². The zero-order valence-electron chi connectivity index (χ0n) is 22.6. The van der Waals surface area contributed by atoms with Gasteiger partial charge >= 0.3 is 24.2 Å². The van der Waals surface area contributed by atoms with Gasteiger partial charge in [0.05, 0.1) is 31.9 Å². The molecule has 2 atom stereocenters. The standard InChI is InChI=1S/C24H26FN5O6.C2HF3O2/c1-14(31)27-10-18-12-29(24(34)36-18)17-3-4-19(20(25)7-17)16-2-5-21(28-9-16)30-11-15(6-22(30)32)13-35-23(33)8-26;3-2(4,5)1(6)7/h2-5,7,9,15,18H,6,8,10-13,26H2,1H3,(H,27,31);(H,6,7)/t15?,18-;/m0./s1. The van der Waals surface area contributed by atoms with Crippen molar-refractivity contribution in [3.8, 4) is 11.1 Å². The van der Waals surface area contributed by atoms with E-state index < -0.39 is 36.1 Å². The first kappa shape index (κ1) is 32.7. The molecule has 0 saturated carbocycles. The van der Waals surface area contributed by atoms with Crippen LogP contribution in [0.15, 0.2) is 36.5 Å². The van der Waals surface area contributed by atoms with Crippen LogP contribution in [0.2, 0.25) is 0 Å². The van der Waals surface area contributed by atoms with E-state index in [4.69, 9.17) is 25.1 Å². The van der Waals surface area contributed by atoms with E-state index in [-0.39, 0.29) is 56.0 Å². The van der Waals surface area contributed by atoms with Crippen LogP contribution in [0.5, 0.6) is 0 Å². The number of amides is 3. The molecule has 0 bridgehead atoms. The van der Waals surface area contributed by atoms with Crippen LogP contribution < -0.4 is 20.9 Å². The minimum absolute atomic E-state index is 0.104. The van der Waals surface area contributed by atoms with Crippen LogP contribution in [0.4, 0.5) is 33.9 Å². The Morgan fingerprint density at radius 2 is 1.86 bits per heavy atom. The summed E-state index contributed by atoms with van der Waals surface area (Å²) >= 11 is 0. The summed E-state index contributed by atoms with van der Waals surface area (Å²) in [7, 11) is 0.